The first-order valence-corrected chi connectivity index (χ1v) is 7.75. The highest BCUT2D eigenvalue weighted by Crippen LogP contribution is 2.46. The first-order chi connectivity index (χ1) is 9.84. The van der Waals surface area contributed by atoms with Gasteiger partial charge in [0.1, 0.15) is 0 Å². The van der Waals surface area contributed by atoms with Crippen LogP contribution in [0, 0.1) is 11.8 Å². The zero-order valence-electron chi connectivity index (χ0n) is 11.6. The minimum Gasteiger partial charge on any atom is -0.312 e. The SMILES string of the molecule is O=c1[nH]cnc2c1ncn2C1CCCC2CCCCC21. The van der Waals surface area contributed by atoms with Crippen LogP contribution in [0.5, 0.6) is 0 Å². The molecule has 2 aliphatic rings. The van der Waals surface area contributed by atoms with Crippen LogP contribution >= 0.6 is 0 Å². The minimum atomic E-state index is -0.134. The van der Waals surface area contributed by atoms with Gasteiger partial charge in [-0.1, -0.05) is 32.1 Å². The third-order valence-corrected chi connectivity index (χ3v) is 5.26. The molecule has 106 valence electrons. The summed E-state index contributed by atoms with van der Waals surface area (Å²) in [5.41, 5.74) is 1.10. The molecule has 2 aromatic heterocycles. The maximum absolute atomic E-state index is 11.8. The Morgan fingerprint density at radius 1 is 1.10 bits per heavy atom. The summed E-state index contributed by atoms with van der Waals surface area (Å²) in [7, 11) is 0. The molecule has 0 radical (unpaired) electrons. The summed E-state index contributed by atoms with van der Waals surface area (Å²) in [5.74, 6) is 1.61. The highest BCUT2D eigenvalue weighted by Gasteiger charge is 2.36. The lowest BCUT2D eigenvalue weighted by Gasteiger charge is -2.41. The van der Waals surface area contributed by atoms with Gasteiger partial charge in [0, 0.05) is 6.04 Å². The molecule has 2 aromatic rings. The molecule has 2 aliphatic carbocycles. The fourth-order valence-corrected chi connectivity index (χ4v) is 4.36. The van der Waals surface area contributed by atoms with Gasteiger partial charge in [-0.2, -0.15) is 0 Å². The number of aromatic nitrogens is 4. The Labute approximate surface area is 117 Å². The number of nitrogens with one attached hydrogen (secondary N) is 1. The summed E-state index contributed by atoms with van der Waals surface area (Å²) in [6.07, 6.45) is 12.6. The van der Waals surface area contributed by atoms with Crippen LogP contribution in [0.1, 0.15) is 51.0 Å². The smallest absolute Gasteiger partial charge is 0.278 e. The Balaban J connectivity index is 1.78. The maximum atomic E-state index is 11.8. The van der Waals surface area contributed by atoms with E-state index < -0.39 is 0 Å². The number of imidazole rings is 1. The minimum absolute atomic E-state index is 0.134. The van der Waals surface area contributed by atoms with Crippen LogP contribution in [0.25, 0.3) is 11.2 Å². The van der Waals surface area contributed by atoms with Crippen molar-refractivity contribution >= 4 is 11.2 Å². The number of rotatable bonds is 1. The van der Waals surface area contributed by atoms with Gasteiger partial charge in [-0.25, -0.2) is 9.97 Å². The molecule has 2 fully saturated rings. The second-order valence-corrected chi connectivity index (χ2v) is 6.26. The lowest BCUT2D eigenvalue weighted by molar-refractivity contribution is 0.111. The fourth-order valence-electron chi connectivity index (χ4n) is 4.36. The van der Waals surface area contributed by atoms with Crippen molar-refractivity contribution in [3.05, 3.63) is 23.0 Å². The zero-order valence-corrected chi connectivity index (χ0v) is 11.6. The highest BCUT2D eigenvalue weighted by molar-refractivity contribution is 5.68. The zero-order chi connectivity index (χ0) is 13.5. The van der Waals surface area contributed by atoms with E-state index in [1.165, 1.54) is 51.3 Å². The molecule has 2 saturated carbocycles. The van der Waals surface area contributed by atoms with Crippen molar-refractivity contribution in [1.82, 2.24) is 19.5 Å². The Morgan fingerprint density at radius 2 is 1.95 bits per heavy atom. The molecule has 0 spiro atoms. The van der Waals surface area contributed by atoms with E-state index in [0.29, 0.717) is 11.6 Å². The molecule has 3 unspecified atom stereocenters. The normalized spacial score (nSPS) is 30.3. The molecule has 0 bridgehead atoms. The maximum Gasteiger partial charge on any atom is 0.278 e. The van der Waals surface area contributed by atoms with Gasteiger partial charge in [-0.05, 0) is 24.7 Å². The standard InChI is InChI=1S/C15H20N4O/c20-15-13-14(16-8-17-15)19(9-18-13)12-7-3-5-10-4-1-2-6-11(10)12/h8-12H,1-7H2,(H,16,17,20). The lowest BCUT2D eigenvalue weighted by Crippen LogP contribution is -2.32. The molecule has 20 heavy (non-hydrogen) atoms. The molecule has 0 aromatic carbocycles. The van der Waals surface area contributed by atoms with E-state index in [1.54, 1.807) is 0 Å². The molecule has 0 amide bonds. The monoisotopic (exact) mass is 272 g/mol. The third kappa shape index (κ3) is 1.79. The lowest BCUT2D eigenvalue weighted by atomic mass is 9.68. The van der Waals surface area contributed by atoms with Gasteiger partial charge >= 0.3 is 0 Å². The molecule has 5 nitrogen and oxygen atoms in total. The number of hydrogen-bond acceptors (Lipinski definition) is 3. The summed E-state index contributed by atoms with van der Waals surface area (Å²) in [4.78, 5) is 23.0. The quantitative estimate of drug-likeness (QED) is 0.868. The van der Waals surface area contributed by atoms with Crippen molar-refractivity contribution in [2.45, 2.75) is 51.0 Å². The van der Waals surface area contributed by atoms with Crippen LogP contribution in [-0.2, 0) is 0 Å². The van der Waals surface area contributed by atoms with E-state index in [-0.39, 0.29) is 5.56 Å². The second kappa shape index (κ2) is 4.72. The van der Waals surface area contributed by atoms with E-state index in [1.807, 2.05) is 6.33 Å². The molecule has 1 N–H and O–H groups in total. The van der Waals surface area contributed by atoms with Crippen LogP contribution in [0.3, 0.4) is 0 Å². The topological polar surface area (TPSA) is 63.6 Å². The predicted molar refractivity (Wildman–Crippen MR) is 76.5 cm³/mol. The number of nitrogens with zero attached hydrogens (tertiary/aromatic N) is 3. The summed E-state index contributed by atoms with van der Waals surface area (Å²) in [5, 5.41) is 0. The van der Waals surface area contributed by atoms with Gasteiger partial charge in [0.15, 0.2) is 11.2 Å². The number of aromatic amines is 1. The van der Waals surface area contributed by atoms with Gasteiger partial charge < -0.3 is 9.55 Å². The van der Waals surface area contributed by atoms with Crippen molar-refractivity contribution in [2.24, 2.45) is 11.8 Å². The summed E-state index contributed by atoms with van der Waals surface area (Å²) >= 11 is 0. The Kier molecular flexibility index (Phi) is 2.86. The molecular formula is C15H20N4O. The average molecular weight is 272 g/mol. The number of fused-ring (bicyclic) bond motifs is 2. The van der Waals surface area contributed by atoms with Crippen molar-refractivity contribution in [2.75, 3.05) is 0 Å². The fraction of sp³-hybridized carbons (Fsp3) is 0.667. The largest absolute Gasteiger partial charge is 0.312 e. The molecular weight excluding hydrogens is 252 g/mol. The molecule has 0 aliphatic heterocycles. The van der Waals surface area contributed by atoms with Crippen LogP contribution in [0.4, 0.5) is 0 Å². The molecule has 2 heterocycles. The van der Waals surface area contributed by atoms with Gasteiger partial charge in [-0.15, -0.1) is 0 Å². The average Bonchev–Trinajstić information content (AvgIpc) is 2.92. The van der Waals surface area contributed by atoms with Crippen molar-refractivity contribution in [3.63, 3.8) is 0 Å². The molecule has 3 atom stereocenters. The molecule has 5 heteroatoms. The number of hydrogen-bond donors (Lipinski definition) is 1. The van der Waals surface area contributed by atoms with Crippen LogP contribution in [0.2, 0.25) is 0 Å². The second-order valence-electron chi connectivity index (χ2n) is 6.26. The van der Waals surface area contributed by atoms with Gasteiger partial charge in [0.25, 0.3) is 5.56 Å². The van der Waals surface area contributed by atoms with E-state index in [2.05, 4.69) is 19.5 Å². The van der Waals surface area contributed by atoms with Crippen molar-refractivity contribution in [1.29, 1.82) is 0 Å². The van der Waals surface area contributed by atoms with E-state index in [4.69, 9.17) is 0 Å². The Bertz CT molecular complexity index is 672. The highest BCUT2D eigenvalue weighted by atomic mass is 16.1. The summed E-state index contributed by atoms with van der Waals surface area (Å²) < 4.78 is 2.17. The van der Waals surface area contributed by atoms with Crippen molar-refractivity contribution < 1.29 is 0 Å². The molecule has 0 saturated heterocycles. The summed E-state index contributed by atoms with van der Waals surface area (Å²) in [6, 6.07) is 0.480. The van der Waals surface area contributed by atoms with Crippen LogP contribution in [-0.4, -0.2) is 19.5 Å². The van der Waals surface area contributed by atoms with Gasteiger partial charge in [0.2, 0.25) is 0 Å². The first-order valence-electron chi connectivity index (χ1n) is 7.75. The van der Waals surface area contributed by atoms with E-state index >= 15 is 0 Å². The van der Waals surface area contributed by atoms with Crippen LogP contribution < -0.4 is 5.56 Å². The molecule has 4 rings (SSSR count). The van der Waals surface area contributed by atoms with Gasteiger partial charge in [-0.3, -0.25) is 4.79 Å². The van der Waals surface area contributed by atoms with Gasteiger partial charge in [0.05, 0.1) is 12.7 Å². The van der Waals surface area contributed by atoms with Crippen LogP contribution in [0.15, 0.2) is 17.4 Å². The Morgan fingerprint density at radius 3 is 2.90 bits per heavy atom. The van der Waals surface area contributed by atoms with E-state index in [0.717, 1.165) is 17.5 Å². The van der Waals surface area contributed by atoms with Crippen molar-refractivity contribution in [3.8, 4) is 0 Å². The summed E-state index contributed by atoms with van der Waals surface area (Å²) in [6.45, 7) is 0. The predicted octanol–water partition coefficient (Wildman–Crippen LogP) is 2.65. The third-order valence-electron chi connectivity index (χ3n) is 5.26. The first kappa shape index (κ1) is 12.1. The number of H-pyrrole nitrogens is 1. The van der Waals surface area contributed by atoms with E-state index in [9.17, 15) is 4.79 Å². The Hall–Kier alpha value is -1.65.